The smallest absolute Gasteiger partial charge is 0.236 e. The van der Waals surface area contributed by atoms with Gasteiger partial charge in [0.2, 0.25) is 20.0 Å². The first-order chi connectivity index (χ1) is 11.8. The molecule has 1 heterocycles. The van der Waals surface area contributed by atoms with E-state index in [1.54, 1.807) is 42.5 Å². The van der Waals surface area contributed by atoms with Crippen molar-refractivity contribution in [1.82, 2.24) is 0 Å². The van der Waals surface area contributed by atoms with Crippen molar-refractivity contribution in [2.45, 2.75) is 19.1 Å². The van der Waals surface area contributed by atoms with E-state index in [-0.39, 0.29) is 11.5 Å². The Labute approximate surface area is 148 Å². The molecule has 25 heavy (non-hydrogen) atoms. The third-order valence-corrected chi connectivity index (χ3v) is 7.17. The van der Waals surface area contributed by atoms with Gasteiger partial charge in [0.15, 0.2) is 0 Å². The molecule has 8 heteroatoms. The highest BCUT2D eigenvalue weighted by Gasteiger charge is 2.29. The second kappa shape index (κ2) is 6.68. The first-order valence-corrected chi connectivity index (χ1v) is 11.2. The molecule has 0 amide bonds. The van der Waals surface area contributed by atoms with Gasteiger partial charge in [-0.1, -0.05) is 36.4 Å². The summed E-state index contributed by atoms with van der Waals surface area (Å²) in [6.45, 7) is 2.23. The van der Waals surface area contributed by atoms with Crippen molar-refractivity contribution >= 4 is 31.4 Å². The summed E-state index contributed by atoms with van der Waals surface area (Å²) in [7, 11) is -6.90. The molecule has 1 N–H and O–H groups in total. The van der Waals surface area contributed by atoms with Crippen LogP contribution < -0.4 is 9.03 Å². The van der Waals surface area contributed by atoms with Crippen molar-refractivity contribution < 1.29 is 16.8 Å². The van der Waals surface area contributed by atoms with Crippen molar-refractivity contribution in [3.8, 4) is 0 Å². The summed E-state index contributed by atoms with van der Waals surface area (Å²) in [6.07, 6.45) is 0.575. The topological polar surface area (TPSA) is 83.6 Å². The van der Waals surface area contributed by atoms with E-state index in [2.05, 4.69) is 4.72 Å². The van der Waals surface area contributed by atoms with Gasteiger partial charge in [0.05, 0.1) is 22.9 Å². The van der Waals surface area contributed by atoms with Crippen molar-refractivity contribution in [2.75, 3.05) is 21.3 Å². The molecule has 1 aliphatic heterocycles. The third kappa shape index (κ3) is 4.13. The highest BCUT2D eigenvalue weighted by Crippen LogP contribution is 2.30. The molecule has 0 unspecified atom stereocenters. The zero-order chi connectivity index (χ0) is 18.1. The number of nitrogens with one attached hydrogen (secondary N) is 1. The maximum absolute atomic E-state index is 12.4. The number of anilines is 2. The average molecular weight is 380 g/mol. The van der Waals surface area contributed by atoms with Gasteiger partial charge in [0, 0.05) is 6.54 Å². The molecule has 134 valence electrons. The lowest BCUT2D eigenvalue weighted by molar-refractivity contribution is 0.598. The molecule has 3 rings (SSSR count). The molecule has 1 saturated heterocycles. The minimum atomic E-state index is -3.59. The Morgan fingerprint density at radius 1 is 1.12 bits per heavy atom. The second-order valence-electron chi connectivity index (χ2n) is 6.09. The summed E-state index contributed by atoms with van der Waals surface area (Å²) in [4.78, 5) is 0. The van der Waals surface area contributed by atoms with E-state index >= 15 is 0 Å². The van der Waals surface area contributed by atoms with Gasteiger partial charge in [0.25, 0.3) is 0 Å². The zero-order valence-electron chi connectivity index (χ0n) is 13.8. The summed E-state index contributed by atoms with van der Waals surface area (Å²) < 4.78 is 52.9. The number of hydrogen-bond donors (Lipinski definition) is 1. The fourth-order valence-electron chi connectivity index (χ4n) is 2.86. The highest BCUT2D eigenvalue weighted by molar-refractivity contribution is 7.93. The lowest BCUT2D eigenvalue weighted by atomic mass is 10.2. The quantitative estimate of drug-likeness (QED) is 0.864. The van der Waals surface area contributed by atoms with Crippen LogP contribution in [0.3, 0.4) is 0 Å². The number of sulfonamides is 2. The van der Waals surface area contributed by atoms with Gasteiger partial charge < -0.3 is 0 Å². The molecule has 0 aliphatic carbocycles. The average Bonchev–Trinajstić information content (AvgIpc) is 2.88. The van der Waals surface area contributed by atoms with Crippen LogP contribution in [-0.2, 0) is 25.8 Å². The largest absolute Gasteiger partial charge is 0.283 e. The predicted molar refractivity (Wildman–Crippen MR) is 99.6 cm³/mol. The molecule has 1 fully saturated rings. The van der Waals surface area contributed by atoms with Crippen LogP contribution in [0.5, 0.6) is 0 Å². The Morgan fingerprint density at radius 3 is 2.48 bits per heavy atom. The summed E-state index contributed by atoms with van der Waals surface area (Å²) in [5, 5.41) is 0. The Hall–Kier alpha value is -2.06. The van der Waals surface area contributed by atoms with Crippen LogP contribution in [0.2, 0.25) is 0 Å². The third-order valence-electron chi connectivity index (χ3n) is 4.05. The number of benzene rings is 2. The van der Waals surface area contributed by atoms with E-state index in [1.165, 1.54) is 4.31 Å². The molecule has 0 bridgehead atoms. The van der Waals surface area contributed by atoms with E-state index in [9.17, 15) is 16.8 Å². The summed E-state index contributed by atoms with van der Waals surface area (Å²) >= 11 is 0. The normalized spacial score (nSPS) is 16.8. The van der Waals surface area contributed by atoms with Crippen LogP contribution in [-0.4, -0.2) is 29.1 Å². The Bertz CT molecular complexity index is 971. The van der Waals surface area contributed by atoms with Crippen molar-refractivity contribution in [1.29, 1.82) is 0 Å². The molecule has 0 atom stereocenters. The van der Waals surface area contributed by atoms with Gasteiger partial charge in [-0.25, -0.2) is 16.8 Å². The van der Waals surface area contributed by atoms with Crippen LogP contribution in [0.25, 0.3) is 0 Å². The predicted octanol–water partition coefficient (Wildman–Crippen LogP) is 2.48. The summed E-state index contributed by atoms with van der Waals surface area (Å²) in [6, 6.07) is 13.8. The fraction of sp³-hybridized carbons (Fsp3) is 0.294. The minimum Gasteiger partial charge on any atom is -0.283 e. The lowest BCUT2D eigenvalue weighted by Crippen LogP contribution is -2.26. The number of aryl methyl sites for hydroxylation is 1. The highest BCUT2D eigenvalue weighted by atomic mass is 32.2. The zero-order valence-corrected chi connectivity index (χ0v) is 15.5. The second-order valence-corrected chi connectivity index (χ2v) is 9.82. The van der Waals surface area contributed by atoms with Crippen molar-refractivity contribution in [2.24, 2.45) is 0 Å². The van der Waals surface area contributed by atoms with Gasteiger partial charge >= 0.3 is 0 Å². The molecule has 0 saturated carbocycles. The first kappa shape index (κ1) is 17.8. The van der Waals surface area contributed by atoms with Crippen LogP contribution >= 0.6 is 0 Å². The summed E-state index contributed by atoms with van der Waals surface area (Å²) in [5.41, 5.74) is 2.36. The lowest BCUT2D eigenvalue weighted by Gasteiger charge is -2.20. The molecule has 2 aromatic carbocycles. The van der Waals surface area contributed by atoms with E-state index in [4.69, 9.17) is 0 Å². The number of hydrogen-bond acceptors (Lipinski definition) is 4. The standard InChI is InChI=1S/C17H20N2O4S2/c1-14-8-9-16(12-17(14)19-10-5-11-25(19,22)23)18-24(20,21)13-15-6-3-2-4-7-15/h2-4,6-9,12,18H,5,10-11,13H2,1H3. The molecule has 0 radical (unpaired) electrons. The van der Waals surface area contributed by atoms with E-state index in [0.29, 0.717) is 29.9 Å². The monoisotopic (exact) mass is 380 g/mol. The van der Waals surface area contributed by atoms with Gasteiger partial charge in [-0.05, 0) is 36.6 Å². The van der Waals surface area contributed by atoms with Gasteiger partial charge in [-0.15, -0.1) is 0 Å². The summed E-state index contributed by atoms with van der Waals surface area (Å²) in [5.74, 6) is -0.0184. The van der Waals surface area contributed by atoms with Crippen molar-refractivity contribution in [3.05, 3.63) is 59.7 Å². The molecule has 1 aliphatic rings. The van der Waals surface area contributed by atoms with Crippen LogP contribution in [0.15, 0.2) is 48.5 Å². The first-order valence-electron chi connectivity index (χ1n) is 7.92. The van der Waals surface area contributed by atoms with Gasteiger partial charge in [-0.2, -0.15) is 0 Å². The SMILES string of the molecule is Cc1ccc(NS(=O)(=O)Cc2ccccc2)cc1N1CCCS1(=O)=O. The number of rotatable bonds is 5. The molecular weight excluding hydrogens is 360 g/mol. The van der Waals surface area contributed by atoms with Crippen molar-refractivity contribution in [3.63, 3.8) is 0 Å². The maximum Gasteiger partial charge on any atom is 0.236 e. The minimum absolute atomic E-state index is 0.121. The van der Waals surface area contributed by atoms with Crippen LogP contribution in [0, 0.1) is 6.92 Å². The fourth-order valence-corrected chi connectivity index (χ4v) is 5.67. The molecule has 6 nitrogen and oxygen atoms in total. The molecule has 0 spiro atoms. The van der Waals surface area contributed by atoms with E-state index in [0.717, 1.165) is 5.56 Å². The van der Waals surface area contributed by atoms with Crippen LogP contribution in [0.4, 0.5) is 11.4 Å². The molecule has 0 aromatic heterocycles. The Morgan fingerprint density at radius 2 is 1.84 bits per heavy atom. The molecule has 2 aromatic rings. The van der Waals surface area contributed by atoms with Gasteiger partial charge in [-0.3, -0.25) is 9.03 Å². The van der Waals surface area contributed by atoms with Crippen LogP contribution in [0.1, 0.15) is 17.5 Å². The molecular formula is C17H20N2O4S2. The number of nitrogens with zero attached hydrogens (tertiary/aromatic N) is 1. The van der Waals surface area contributed by atoms with E-state index in [1.807, 2.05) is 13.0 Å². The Kier molecular flexibility index (Phi) is 4.75. The van der Waals surface area contributed by atoms with E-state index < -0.39 is 20.0 Å². The maximum atomic E-state index is 12.4. The Balaban J connectivity index is 1.85. The van der Waals surface area contributed by atoms with Gasteiger partial charge in [0.1, 0.15) is 0 Å².